The van der Waals surface area contributed by atoms with Crippen LogP contribution in [0.4, 0.5) is 0 Å². The third kappa shape index (κ3) is 6.52. The van der Waals surface area contributed by atoms with Gasteiger partial charge in [0.25, 0.3) is 8.32 Å². The lowest BCUT2D eigenvalue weighted by Crippen LogP contribution is -2.45. The predicted octanol–water partition coefficient (Wildman–Crippen LogP) is 7.29. The zero-order chi connectivity index (χ0) is 16.9. The van der Waals surface area contributed by atoms with Gasteiger partial charge < -0.3 is 4.43 Å². The van der Waals surface area contributed by atoms with E-state index in [0.29, 0.717) is 27.8 Å². The summed E-state index contributed by atoms with van der Waals surface area (Å²) < 4.78 is 6.67. The summed E-state index contributed by atoms with van der Waals surface area (Å²) >= 11 is 12.5. The standard InChI is InChI=1S/C18H30Cl2OSi/c1-13(2)10-22(11-14(3)4,12-15(5)6)21-18-9-16(19)7-8-17(18)20/h7-9,13-15H,10-12H2,1-6H3. The van der Waals surface area contributed by atoms with Crippen LogP contribution in [0.5, 0.6) is 5.75 Å². The zero-order valence-corrected chi connectivity index (χ0v) is 17.3. The van der Waals surface area contributed by atoms with Gasteiger partial charge in [-0.2, -0.15) is 0 Å². The molecule has 0 bridgehead atoms. The van der Waals surface area contributed by atoms with Gasteiger partial charge in [0, 0.05) is 5.02 Å². The van der Waals surface area contributed by atoms with E-state index in [1.165, 1.54) is 0 Å². The highest BCUT2D eigenvalue weighted by molar-refractivity contribution is 6.74. The van der Waals surface area contributed by atoms with Crippen molar-refractivity contribution in [2.75, 3.05) is 0 Å². The first kappa shape index (κ1) is 19.9. The molecule has 1 aromatic carbocycles. The van der Waals surface area contributed by atoms with Crippen LogP contribution in [0.3, 0.4) is 0 Å². The fourth-order valence-corrected chi connectivity index (χ4v) is 9.63. The van der Waals surface area contributed by atoms with Crippen LogP contribution in [0, 0.1) is 17.8 Å². The van der Waals surface area contributed by atoms with Gasteiger partial charge in [0.2, 0.25) is 0 Å². The fourth-order valence-electron chi connectivity index (χ4n) is 3.40. The molecule has 0 N–H and O–H groups in total. The van der Waals surface area contributed by atoms with Crippen molar-refractivity contribution in [2.24, 2.45) is 17.8 Å². The topological polar surface area (TPSA) is 9.23 Å². The quantitative estimate of drug-likeness (QED) is 0.442. The average Bonchev–Trinajstić information content (AvgIpc) is 2.30. The molecule has 0 spiro atoms. The van der Waals surface area contributed by atoms with E-state index < -0.39 is 8.32 Å². The minimum Gasteiger partial charge on any atom is -0.542 e. The molecular weight excluding hydrogens is 331 g/mol. The molecule has 0 aliphatic rings. The minimum absolute atomic E-state index is 0.627. The summed E-state index contributed by atoms with van der Waals surface area (Å²) in [6.07, 6.45) is 0. The van der Waals surface area contributed by atoms with Gasteiger partial charge in [0.05, 0.1) is 5.02 Å². The van der Waals surface area contributed by atoms with E-state index in [1.807, 2.05) is 18.2 Å². The van der Waals surface area contributed by atoms with Gasteiger partial charge >= 0.3 is 0 Å². The molecule has 0 fully saturated rings. The molecule has 4 heteroatoms. The van der Waals surface area contributed by atoms with E-state index in [4.69, 9.17) is 27.6 Å². The van der Waals surface area contributed by atoms with Gasteiger partial charge in [-0.1, -0.05) is 64.7 Å². The summed E-state index contributed by atoms with van der Waals surface area (Å²) in [6.45, 7) is 13.7. The third-order valence-electron chi connectivity index (χ3n) is 3.56. The van der Waals surface area contributed by atoms with E-state index in [1.54, 1.807) is 0 Å². The predicted molar refractivity (Wildman–Crippen MR) is 102 cm³/mol. The summed E-state index contributed by atoms with van der Waals surface area (Å²) in [5, 5.41) is 1.35. The number of halogens is 2. The van der Waals surface area contributed by atoms with Crippen LogP contribution in [0.2, 0.25) is 28.2 Å². The van der Waals surface area contributed by atoms with Gasteiger partial charge in [-0.3, -0.25) is 0 Å². The Hall–Kier alpha value is -0.183. The molecule has 0 amide bonds. The highest BCUT2D eigenvalue weighted by Gasteiger charge is 2.39. The van der Waals surface area contributed by atoms with E-state index in [-0.39, 0.29) is 0 Å². The first-order chi connectivity index (χ1) is 10.1. The molecular formula is C18H30Cl2OSi. The number of hydrogen-bond acceptors (Lipinski definition) is 1. The van der Waals surface area contributed by atoms with E-state index in [2.05, 4.69) is 41.5 Å². The second kappa shape index (κ2) is 8.61. The van der Waals surface area contributed by atoms with Gasteiger partial charge in [-0.05, 0) is 54.1 Å². The molecule has 0 aromatic heterocycles. The van der Waals surface area contributed by atoms with E-state index in [0.717, 1.165) is 23.9 Å². The Balaban J connectivity index is 3.17. The van der Waals surface area contributed by atoms with Crippen molar-refractivity contribution in [1.82, 2.24) is 0 Å². The van der Waals surface area contributed by atoms with Crippen molar-refractivity contribution in [1.29, 1.82) is 0 Å². The third-order valence-corrected chi connectivity index (χ3v) is 9.44. The zero-order valence-electron chi connectivity index (χ0n) is 14.7. The van der Waals surface area contributed by atoms with Crippen molar-refractivity contribution in [3.05, 3.63) is 28.2 Å². The van der Waals surface area contributed by atoms with Gasteiger partial charge in [0.15, 0.2) is 0 Å². The molecule has 0 unspecified atom stereocenters. The van der Waals surface area contributed by atoms with Crippen LogP contribution in [-0.4, -0.2) is 8.32 Å². The molecule has 0 aliphatic carbocycles. The number of hydrogen-bond donors (Lipinski definition) is 0. The Kier molecular flexibility index (Phi) is 7.77. The van der Waals surface area contributed by atoms with Crippen LogP contribution >= 0.6 is 23.2 Å². The minimum atomic E-state index is -1.92. The van der Waals surface area contributed by atoms with E-state index in [9.17, 15) is 0 Å². The second-order valence-corrected chi connectivity index (χ2v) is 12.3. The Morgan fingerprint density at radius 2 is 1.32 bits per heavy atom. The van der Waals surface area contributed by atoms with Crippen LogP contribution in [-0.2, 0) is 0 Å². The van der Waals surface area contributed by atoms with Gasteiger partial charge in [0.1, 0.15) is 5.75 Å². The highest BCUT2D eigenvalue weighted by Crippen LogP contribution is 2.37. The van der Waals surface area contributed by atoms with Crippen LogP contribution in [0.1, 0.15) is 41.5 Å². The maximum atomic E-state index is 6.67. The van der Waals surface area contributed by atoms with Crippen molar-refractivity contribution >= 4 is 31.5 Å². The molecule has 1 rings (SSSR count). The monoisotopic (exact) mass is 360 g/mol. The van der Waals surface area contributed by atoms with Crippen LogP contribution in [0.25, 0.3) is 0 Å². The van der Waals surface area contributed by atoms with Gasteiger partial charge in [-0.15, -0.1) is 0 Å². The molecule has 0 heterocycles. The summed E-state index contributed by atoms with van der Waals surface area (Å²) in [5.74, 6) is 2.65. The maximum Gasteiger partial charge on any atom is 0.252 e. The smallest absolute Gasteiger partial charge is 0.252 e. The second-order valence-electron chi connectivity index (χ2n) is 7.65. The van der Waals surface area contributed by atoms with Gasteiger partial charge in [-0.25, -0.2) is 0 Å². The molecule has 1 nitrogen and oxygen atoms in total. The van der Waals surface area contributed by atoms with Crippen molar-refractivity contribution < 1.29 is 4.43 Å². The molecule has 0 saturated carbocycles. The lowest BCUT2D eigenvalue weighted by molar-refractivity contribution is 0.474. The molecule has 0 atom stereocenters. The Morgan fingerprint density at radius 1 is 0.864 bits per heavy atom. The normalized spacial score (nSPS) is 12.5. The highest BCUT2D eigenvalue weighted by atomic mass is 35.5. The summed E-state index contributed by atoms with van der Waals surface area (Å²) in [7, 11) is -1.92. The lowest BCUT2D eigenvalue weighted by Gasteiger charge is -2.36. The van der Waals surface area contributed by atoms with Crippen molar-refractivity contribution in [2.45, 2.75) is 59.7 Å². The Morgan fingerprint density at radius 3 is 1.73 bits per heavy atom. The number of benzene rings is 1. The van der Waals surface area contributed by atoms with Crippen LogP contribution < -0.4 is 4.43 Å². The molecule has 1 aromatic rings. The first-order valence-electron chi connectivity index (χ1n) is 8.27. The molecule has 0 radical (unpaired) electrons. The summed E-state index contributed by atoms with van der Waals surface area (Å²) in [5.41, 5.74) is 0. The fraction of sp³-hybridized carbons (Fsp3) is 0.667. The largest absolute Gasteiger partial charge is 0.542 e. The SMILES string of the molecule is CC(C)C[Si](CC(C)C)(CC(C)C)Oc1cc(Cl)ccc1Cl. The van der Waals surface area contributed by atoms with Crippen molar-refractivity contribution in [3.63, 3.8) is 0 Å². The molecule has 126 valence electrons. The maximum absolute atomic E-state index is 6.67. The first-order valence-corrected chi connectivity index (χ1v) is 11.6. The lowest BCUT2D eigenvalue weighted by atomic mass is 10.2. The summed E-state index contributed by atoms with van der Waals surface area (Å²) in [6, 6.07) is 8.99. The molecule has 0 saturated heterocycles. The number of rotatable bonds is 8. The van der Waals surface area contributed by atoms with Crippen LogP contribution in [0.15, 0.2) is 18.2 Å². The molecule has 22 heavy (non-hydrogen) atoms. The summed E-state index contributed by atoms with van der Waals surface area (Å²) in [4.78, 5) is 0. The van der Waals surface area contributed by atoms with E-state index >= 15 is 0 Å². The average molecular weight is 361 g/mol. The molecule has 0 aliphatic heterocycles. The Labute approximate surface area is 147 Å². The van der Waals surface area contributed by atoms with Crippen molar-refractivity contribution in [3.8, 4) is 5.75 Å². The Bertz CT molecular complexity index is 446.